The van der Waals surface area contributed by atoms with E-state index >= 15 is 0 Å². The SMILES string of the molecule is Cc1ccc(C(=O)O)cc1S(=O)(=O)Nc1cncnc1. The van der Waals surface area contributed by atoms with Crippen molar-refractivity contribution in [1.29, 1.82) is 0 Å². The van der Waals surface area contributed by atoms with Crippen molar-refractivity contribution in [3.63, 3.8) is 0 Å². The molecule has 0 unspecified atom stereocenters. The smallest absolute Gasteiger partial charge is 0.335 e. The molecule has 2 aromatic rings. The quantitative estimate of drug-likeness (QED) is 0.879. The fourth-order valence-corrected chi connectivity index (χ4v) is 2.88. The summed E-state index contributed by atoms with van der Waals surface area (Å²) in [6, 6.07) is 3.91. The number of sulfonamides is 1. The van der Waals surface area contributed by atoms with Crippen LogP contribution in [-0.4, -0.2) is 29.5 Å². The number of anilines is 1. The summed E-state index contributed by atoms with van der Waals surface area (Å²) in [5.74, 6) is -1.19. The van der Waals surface area contributed by atoms with Crippen molar-refractivity contribution in [2.75, 3.05) is 4.72 Å². The molecule has 0 aliphatic carbocycles. The van der Waals surface area contributed by atoms with Gasteiger partial charge in [-0.3, -0.25) is 4.72 Å². The number of aromatic carboxylic acids is 1. The number of rotatable bonds is 4. The molecule has 0 fully saturated rings. The Labute approximate surface area is 115 Å². The van der Waals surface area contributed by atoms with Crippen molar-refractivity contribution in [3.8, 4) is 0 Å². The first-order valence-corrected chi connectivity index (χ1v) is 7.00. The molecule has 2 rings (SSSR count). The highest BCUT2D eigenvalue weighted by Gasteiger charge is 2.19. The number of benzene rings is 1. The van der Waals surface area contributed by atoms with Gasteiger partial charge in [0, 0.05) is 0 Å². The van der Waals surface area contributed by atoms with Crippen LogP contribution in [0.3, 0.4) is 0 Å². The predicted octanol–water partition coefficient (Wildman–Crippen LogP) is 1.28. The highest BCUT2D eigenvalue weighted by Crippen LogP contribution is 2.20. The second-order valence-electron chi connectivity index (χ2n) is 4.02. The average molecular weight is 293 g/mol. The number of aryl methyl sites for hydroxylation is 1. The van der Waals surface area contributed by atoms with Crippen LogP contribution in [0.5, 0.6) is 0 Å². The molecule has 0 radical (unpaired) electrons. The summed E-state index contributed by atoms with van der Waals surface area (Å²) in [4.78, 5) is 18.2. The minimum Gasteiger partial charge on any atom is -0.478 e. The van der Waals surface area contributed by atoms with Crippen LogP contribution in [0.4, 0.5) is 5.69 Å². The number of nitrogens with one attached hydrogen (secondary N) is 1. The van der Waals surface area contributed by atoms with Gasteiger partial charge in [0.1, 0.15) is 6.33 Å². The number of hydrogen-bond acceptors (Lipinski definition) is 5. The van der Waals surface area contributed by atoms with Crippen LogP contribution in [0.15, 0.2) is 41.8 Å². The number of carboxylic acid groups (broad SMARTS) is 1. The Balaban J connectivity index is 2.44. The van der Waals surface area contributed by atoms with E-state index in [0.29, 0.717) is 5.56 Å². The van der Waals surface area contributed by atoms with Crippen LogP contribution in [-0.2, 0) is 10.0 Å². The van der Waals surface area contributed by atoms with E-state index in [0.717, 1.165) is 6.07 Å². The van der Waals surface area contributed by atoms with Crippen LogP contribution in [0.2, 0.25) is 0 Å². The van der Waals surface area contributed by atoms with Gasteiger partial charge in [0.2, 0.25) is 0 Å². The lowest BCUT2D eigenvalue weighted by atomic mass is 10.1. The molecule has 0 aliphatic heterocycles. The zero-order chi connectivity index (χ0) is 14.8. The molecule has 2 N–H and O–H groups in total. The van der Waals surface area contributed by atoms with Crippen molar-refractivity contribution < 1.29 is 18.3 Å². The Morgan fingerprint density at radius 3 is 2.50 bits per heavy atom. The monoisotopic (exact) mass is 293 g/mol. The lowest BCUT2D eigenvalue weighted by molar-refractivity contribution is 0.0696. The molecule has 20 heavy (non-hydrogen) atoms. The van der Waals surface area contributed by atoms with Crippen LogP contribution < -0.4 is 4.72 Å². The second-order valence-corrected chi connectivity index (χ2v) is 5.67. The number of carbonyl (C=O) groups is 1. The van der Waals surface area contributed by atoms with Gasteiger partial charge in [0.25, 0.3) is 10.0 Å². The zero-order valence-electron chi connectivity index (χ0n) is 10.4. The Bertz CT molecular complexity index is 745. The van der Waals surface area contributed by atoms with E-state index in [1.165, 1.54) is 30.9 Å². The van der Waals surface area contributed by atoms with Crippen LogP contribution in [0.25, 0.3) is 0 Å². The van der Waals surface area contributed by atoms with Gasteiger partial charge in [-0.1, -0.05) is 6.07 Å². The van der Waals surface area contributed by atoms with Gasteiger partial charge in [-0.15, -0.1) is 0 Å². The van der Waals surface area contributed by atoms with Gasteiger partial charge in [-0.25, -0.2) is 23.2 Å². The standard InChI is InChI=1S/C12H11N3O4S/c1-8-2-3-9(12(16)17)4-11(8)20(18,19)15-10-5-13-7-14-6-10/h2-7,15H,1H3,(H,16,17). The van der Waals surface area contributed by atoms with E-state index in [9.17, 15) is 13.2 Å². The Hall–Kier alpha value is -2.48. The van der Waals surface area contributed by atoms with E-state index in [-0.39, 0.29) is 16.1 Å². The first-order valence-electron chi connectivity index (χ1n) is 5.52. The molecule has 1 aromatic heterocycles. The molecule has 0 saturated carbocycles. The topological polar surface area (TPSA) is 109 Å². The van der Waals surface area contributed by atoms with Gasteiger partial charge in [-0.2, -0.15) is 0 Å². The lowest BCUT2D eigenvalue weighted by Crippen LogP contribution is -2.15. The van der Waals surface area contributed by atoms with Gasteiger partial charge < -0.3 is 5.11 Å². The van der Waals surface area contributed by atoms with Gasteiger partial charge >= 0.3 is 5.97 Å². The van der Waals surface area contributed by atoms with Crippen molar-refractivity contribution in [3.05, 3.63) is 48.0 Å². The molecule has 1 heterocycles. The van der Waals surface area contributed by atoms with E-state index in [4.69, 9.17) is 5.11 Å². The maximum Gasteiger partial charge on any atom is 0.335 e. The van der Waals surface area contributed by atoms with Crippen LogP contribution in [0, 0.1) is 6.92 Å². The first kappa shape index (κ1) is 13.9. The van der Waals surface area contributed by atoms with E-state index in [1.807, 2.05) is 0 Å². The Morgan fingerprint density at radius 1 is 1.25 bits per heavy atom. The summed E-state index contributed by atoms with van der Waals surface area (Å²) in [5, 5.41) is 8.92. The molecular formula is C12H11N3O4S. The normalized spacial score (nSPS) is 11.1. The molecule has 104 valence electrons. The maximum absolute atomic E-state index is 12.2. The molecular weight excluding hydrogens is 282 g/mol. The third kappa shape index (κ3) is 2.91. The summed E-state index contributed by atoms with van der Waals surface area (Å²) in [6.07, 6.45) is 3.88. The zero-order valence-corrected chi connectivity index (χ0v) is 11.3. The lowest BCUT2D eigenvalue weighted by Gasteiger charge is -2.10. The minimum absolute atomic E-state index is 0.0961. The highest BCUT2D eigenvalue weighted by atomic mass is 32.2. The summed E-state index contributed by atoms with van der Waals surface area (Å²) in [7, 11) is -3.89. The molecule has 0 spiro atoms. The number of aromatic nitrogens is 2. The van der Waals surface area contributed by atoms with Crippen molar-refractivity contribution in [2.24, 2.45) is 0 Å². The summed E-state index contributed by atoms with van der Waals surface area (Å²) < 4.78 is 26.8. The number of carboxylic acids is 1. The average Bonchev–Trinajstić information content (AvgIpc) is 2.39. The summed E-state index contributed by atoms with van der Waals surface area (Å²) in [6.45, 7) is 1.59. The first-order chi connectivity index (χ1) is 9.40. The van der Waals surface area contributed by atoms with Crippen molar-refractivity contribution in [2.45, 2.75) is 11.8 Å². The third-order valence-corrected chi connectivity index (χ3v) is 4.06. The maximum atomic E-state index is 12.2. The Morgan fingerprint density at radius 2 is 1.90 bits per heavy atom. The van der Waals surface area contributed by atoms with E-state index in [2.05, 4.69) is 14.7 Å². The Kier molecular flexibility index (Phi) is 3.66. The number of hydrogen-bond donors (Lipinski definition) is 2. The fourth-order valence-electron chi connectivity index (χ4n) is 1.58. The van der Waals surface area contributed by atoms with Gasteiger partial charge in [-0.05, 0) is 24.6 Å². The molecule has 0 saturated heterocycles. The predicted molar refractivity (Wildman–Crippen MR) is 71.0 cm³/mol. The van der Waals surface area contributed by atoms with Gasteiger partial charge in [0.15, 0.2) is 0 Å². The third-order valence-electron chi connectivity index (χ3n) is 2.54. The van der Waals surface area contributed by atoms with Gasteiger partial charge in [0.05, 0.1) is 28.5 Å². The largest absolute Gasteiger partial charge is 0.478 e. The van der Waals surface area contributed by atoms with E-state index < -0.39 is 16.0 Å². The molecule has 0 bridgehead atoms. The molecule has 7 nitrogen and oxygen atoms in total. The van der Waals surface area contributed by atoms with Crippen molar-refractivity contribution in [1.82, 2.24) is 9.97 Å². The summed E-state index contributed by atoms with van der Waals surface area (Å²) in [5.41, 5.74) is 0.548. The second kappa shape index (κ2) is 5.25. The minimum atomic E-state index is -3.89. The molecule has 1 aromatic carbocycles. The molecule has 0 atom stereocenters. The fraction of sp³-hybridized carbons (Fsp3) is 0.0833. The van der Waals surface area contributed by atoms with E-state index in [1.54, 1.807) is 6.92 Å². The van der Waals surface area contributed by atoms with Crippen molar-refractivity contribution >= 4 is 21.7 Å². The number of nitrogens with zero attached hydrogens (tertiary/aromatic N) is 2. The van der Waals surface area contributed by atoms with Crippen LogP contribution in [0.1, 0.15) is 15.9 Å². The molecule has 0 aliphatic rings. The summed E-state index contributed by atoms with van der Waals surface area (Å²) >= 11 is 0. The molecule has 0 amide bonds. The highest BCUT2D eigenvalue weighted by molar-refractivity contribution is 7.92. The van der Waals surface area contributed by atoms with Crippen LogP contribution >= 0.6 is 0 Å². The molecule has 8 heteroatoms.